The molecule has 1 aliphatic heterocycles. The van der Waals surface area contributed by atoms with Gasteiger partial charge < -0.3 is 19.4 Å². The van der Waals surface area contributed by atoms with Gasteiger partial charge in [-0.2, -0.15) is 0 Å². The number of hydrogen-bond acceptors (Lipinski definition) is 5. The normalized spacial score (nSPS) is 18.2. The molecule has 0 radical (unpaired) electrons. The van der Waals surface area contributed by atoms with E-state index in [1.807, 2.05) is 0 Å². The highest BCUT2D eigenvalue weighted by Gasteiger charge is 2.43. The van der Waals surface area contributed by atoms with Gasteiger partial charge in [-0.1, -0.05) is 5.16 Å². The van der Waals surface area contributed by atoms with Crippen molar-refractivity contribution in [3.63, 3.8) is 0 Å². The molecule has 1 aromatic heterocycles. The van der Waals surface area contributed by atoms with Gasteiger partial charge in [0.15, 0.2) is 5.69 Å². The fourth-order valence-corrected chi connectivity index (χ4v) is 2.18. The van der Waals surface area contributed by atoms with E-state index in [0.29, 0.717) is 13.1 Å². The number of carbonyl (C=O) groups is 3. The van der Waals surface area contributed by atoms with Gasteiger partial charge in [-0.3, -0.25) is 9.59 Å². The van der Waals surface area contributed by atoms with E-state index in [1.165, 1.54) is 4.90 Å². The summed E-state index contributed by atoms with van der Waals surface area (Å²) in [6, 6.07) is 1.06. The molecular weight excluding hydrogens is 266 g/mol. The van der Waals surface area contributed by atoms with Crippen LogP contribution in [0.2, 0.25) is 0 Å². The first-order chi connectivity index (χ1) is 9.25. The van der Waals surface area contributed by atoms with E-state index in [0.717, 1.165) is 6.07 Å². The second-order valence-electron chi connectivity index (χ2n) is 5.12. The first-order valence-corrected chi connectivity index (χ1v) is 6.02. The summed E-state index contributed by atoms with van der Waals surface area (Å²) in [7, 11) is 1.67. The fraction of sp³-hybridized carbons (Fsp3) is 0.500. The molecule has 0 bridgehead atoms. The second kappa shape index (κ2) is 4.62. The van der Waals surface area contributed by atoms with Gasteiger partial charge in [0, 0.05) is 26.2 Å². The summed E-state index contributed by atoms with van der Waals surface area (Å²) in [5.74, 6) is -2.41. The van der Waals surface area contributed by atoms with Crippen LogP contribution in [0.1, 0.15) is 34.9 Å². The van der Waals surface area contributed by atoms with Crippen LogP contribution in [-0.2, 0) is 4.79 Å². The third-order valence-corrected chi connectivity index (χ3v) is 3.39. The molecule has 20 heavy (non-hydrogen) atoms. The van der Waals surface area contributed by atoms with Crippen molar-refractivity contribution in [3.05, 3.63) is 17.5 Å². The van der Waals surface area contributed by atoms with Gasteiger partial charge in [-0.25, -0.2) is 4.79 Å². The van der Waals surface area contributed by atoms with Gasteiger partial charge in [0.25, 0.3) is 5.91 Å². The average molecular weight is 281 g/mol. The number of aromatic nitrogens is 1. The average Bonchev–Trinajstić information content (AvgIpc) is 2.85. The summed E-state index contributed by atoms with van der Waals surface area (Å²) in [4.78, 5) is 38.1. The highest BCUT2D eigenvalue weighted by atomic mass is 16.5. The Kier molecular flexibility index (Phi) is 3.24. The molecule has 1 fully saturated rings. The van der Waals surface area contributed by atoms with E-state index in [2.05, 4.69) is 9.68 Å². The molecule has 2 rings (SSSR count). The maximum Gasteiger partial charge on any atom is 0.374 e. The molecule has 108 valence electrons. The Hall–Kier alpha value is -2.38. The minimum Gasteiger partial charge on any atom is -0.475 e. The van der Waals surface area contributed by atoms with Crippen LogP contribution in [0.5, 0.6) is 0 Å². The number of amides is 2. The third-order valence-electron chi connectivity index (χ3n) is 3.39. The smallest absolute Gasteiger partial charge is 0.374 e. The molecule has 8 nitrogen and oxygen atoms in total. The van der Waals surface area contributed by atoms with Crippen LogP contribution >= 0.6 is 0 Å². The zero-order valence-electron chi connectivity index (χ0n) is 11.4. The van der Waals surface area contributed by atoms with Crippen molar-refractivity contribution in [1.82, 2.24) is 15.0 Å². The second-order valence-corrected chi connectivity index (χ2v) is 5.12. The Morgan fingerprint density at radius 1 is 1.40 bits per heavy atom. The Labute approximate surface area is 114 Å². The van der Waals surface area contributed by atoms with Crippen LogP contribution in [0.3, 0.4) is 0 Å². The molecule has 2 amide bonds. The number of carbonyl (C=O) groups excluding carboxylic acids is 2. The van der Waals surface area contributed by atoms with E-state index in [-0.39, 0.29) is 11.6 Å². The van der Waals surface area contributed by atoms with Crippen LogP contribution in [-0.4, -0.2) is 63.5 Å². The van der Waals surface area contributed by atoms with Crippen molar-refractivity contribution in [1.29, 1.82) is 0 Å². The molecular formula is C12H15N3O5. The molecule has 1 aliphatic rings. The number of aromatic carboxylic acids is 1. The minimum absolute atomic E-state index is 0.118. The van der Waals surface area contributed by atoms with Crippen molar-refractivity contribution >= 4 is 17.8 Å². The van der Waals surface area contributed by atoms with E-state index < -0.39 is 23.2 Å². The molecule has 8 heteroatoms. The Balaban J connectivity index is 2.28. The van der Waals surface area contributed by atoms with Crippen molar-refractivity contribution in [2.24, 2.45) is 0 Å². The number of likely N-dealkylation sites (N-methyl/N-ethyl adjacent to an activating group) is 1. The highest BCUT2D eigenvalue weighted by Crippen LogP contribution is 2.23. The number of rotatable bonds is 2. The van der Waals surface area contributed by atoms with Crippen molar-refractivity contribution < 1.29 is 24.0 Å². The molecule has 0 aromatic carbocycles. The van der Waals surface area contributed by atoms with Gasteiger partial charge in [-0.15, -0.1) is 0 Å². The quantitative estimate of drug-likeness (QED) is 0.822. The summed E-state index contributed by atoms with van der Waals surface area (Å²) < 4.78 is 4.56. The molecule has 1 aromatic rings. The van der Waals surface area contributed by atoms with Crippen LogP contribution in [0.4, 0.5) is 0 Å². The molecule has 2 heterocycles. The van der Waals surface area contributed by atoms with Crippen LogP contribution in [0, 0.1) is 0 Å². The predicted octanol–water partition coefficient (Wildman–Crippen LogP) is 0.0656. The summed E-state index contributed by atoms with van der Waals surface area (Å²) in [5.41, 5.74) is -1.13. The minimum atomic E-state index is -1.30. The number of carboxylic acids is 1. The van der Waals surface area contributed by atoms with E-state index in [4.69, 9.17) is 5.11 Å². The largest absolute Gasteiger partial charge is 0.475 e. The lowest BCUT2D eigenvalue weighted by Crippen LogP contribution is -2.63. The summed E-state index contributed by atoms with van der Waals surface area (Å²) in [6.45, 7) is 4.04. The first-order valence-electron chi connectivity index (χ1n) is 6.02. The lowest BCUT2D eigenvalue weighted by Gasteiger charge is -2.44. The third kappa shape index (κ3) is 2.13. The van der Waals surface area contributed by atoms with Crippen molar-refractivity contribution in [2.45, 2.75) is 19.4 Å². The first kappa shape index (κ1) is 14.0. The monoisotopic (exact) mass is 281 g/mol. The number of nitrogens with zero attached hydrogens (tertiary/aromatic N) is 3. The van der Waals surface area contributed by atoms with Crippen LogP contribution < -0.4 is 0 Å². The Bertz CT molecular complexity index is 577. The van der Waals surface area contributed by atoms with Crippen molar-refractivity contribution in [3.8, 4) is 0 Å². The summed E-state index contributed by atoms with van der Waals surface area (Å²) >= 11 is 0. The predicted molar refractivity (Wildman–Crippen MR) is 66.2 cm³/mol. The van der Waals surface area contributed by atoms with Gasteiger partial charge in [0.2, 0.25) is 11.7 Å². The number of piperazine rings is 1. The molecule has 0 atom stereocenters. The number of carboxylic acid groups (broad SMARTS) is 1. The zero-order chi connectivity index (χ0) is 15.1. The van der Waals surface area contributed by atoms with Crippen LogP contribution in [0.15, 0.2) is 10.6 Å². The maximum atomic E-state index is 12.3. The standard InChI is InChI=1S/C12H15N3O5/c1-12(2)11(19)14(3)4-5-15(12)9(16)7-6-8(10(17)18)20-13-7/h6H,4-5H2,1-3H3,(H,17,18). The summed E-state index contributed by atoms with van der Waals surface area (Å²) in [6.07, 6.45) is 0. The topological polar surface area (TPSA) is 104 Å². The highest BCUT2D eigenvalue weighted by molar-refractivity contribution is 5.99. The van der Waals surface area contributed by atoms with E-state index in [9.17, 15) is 14.4 Å². The lowest BCUT2D eigenvalue weighted by atomic mass is 9.97. The van der Waals surface area contributed by atoms with Crippen LogP contribution in [0.25, 0.3) is 0 Å². The maximum absolute atomic E-state index is 12.3. The zero-order valence-corrected chi connectivity index (χ0v) is 11.4. The molecule has 0 aliphatic carbocycles. The fourth-order valence-electron chi connectivity index (χ4n) is 2.18. The van der Waals surface area contributed by atoms with E-state index >= 15 is 0 Å². The number of hydrogen-bond donors (Lipinski definition) is 1. The Morgan fingerprint density at radius 2 is 2.05 bits per heavy atom. The Morgan fingerprint density at radius 3 is 2.60 bits per heavy atom. The van der Waals surface area contributed by atoms with Crippen molar-refractivity contribution in [2.75, 3.05) is 20.1 Å². The molecule has 1 saturated heterocycles. The molecule has 0 unspecified atom stereocenters. The van der Waals surface area contributed by atoms with Gasteiger partial charge in [0.05, 0.1) is 0 Å². The van der Waals surface area contributed by atoms with Gasteiger partial charge >= 0.3 is 5.97 Å². The van der Waals surface area contributed by atoms with E-state index in [1.54, 1.807) is 25.8 Å². The van der Waals surface area contributed by atoms with Gasteiger partial charge in [-0.05, 0) is 13.8 Å². The molecule has 1 N–H and O–H groups in total. The van der Waals surface area contributed by atoms with Gasteiger partial charge in [0.1, 0.15) is 5.54 Å². The summed E-state index contributed by atoms with van der Waals surface area (Å²) in [5, 5.41) is 12.2. The molecule has 0 spiro atoms. The SMILES string of the molecule is CN1CCN(C(=O)c2cc(C(=O)O)on2)C(C)(C)C1=O. The lowest BCUT2D eigenvalue weighted by molar-refractivity contribution is -0.144. The molecule has 0 saturated carbocycles.